The van der Waals surface area contributed by atoms with Crippen LogP contribution in [-0.4, -0.2) is 26.0 Å². The van der Waals surface area contributed by atoms with Gasteiger partial charge in [-0.3, -0.25) is 4.79 Å². The van der Waals surface area contributed by atoms with E-state index in [4.69, 9.17) is 11.6 Å². The molecule has 1 heterocycles. The zero-order chi connectivity index (χ0) is 15.5. The van der Waals surface area contributed by atoms with Crippen molar-refractivity contribution < 1.29 is 9.90 Å². The van der Waals surface area contributed by atoms with Gasteiger partial charge in [-0.1, -0.05) is 28.9 Å². The number of halogens is 1. The molecule has 0 saturated heterocycles. The fraction of sp³-hybridized carbons (Fsp3) is 0.357. The molecule has 1 aromatic heterocycles. The molecule has 2 N–H and O–H groups in total. The first-order valence-electron chi connectivity index (χ1n) is 6.49. The van der Waals surface area contributed by atoms with Crippen LogP contribution in [0.1, 0.15) is 25.1 Å². The lowest BCUT2D eigenvalue weighted by Gasteiger charge is -2.11. The van der Waals surface area contributed by atoms with Gasteiger partial charge in [0.1, 0.15) is 17.8 Å². The number of aromatic nitrogens is 3. The van der Waals surface area contributed by atoms with Crippen molar-refractivity contribution in [3.63, 3.8) is 0 Å². The summed E-state index contributed by atoms with van der Waals surface area (Å²) < 4.78 is 1.39. The van der Waals surface area contributed by atoms with Gasteiger partial charge in [0.05, 0.1) is 6.20 Å². The summed E-state index contributed by atoms with van der Waals surface area (Å²) in [6, 6.07) is 7.25. The Bertz CT molecular complexity index is 617. The fourth-order valence-electron chi connectivity index (χ4n) is 1.66. The van der Waals surface area contributed by atoms with E-state index in [2.05, 4.69) is 15.6 Å². The second-order valence-corrected chi connectivity index (χ2v) is 5.70. The number of rotatable bonds is 5. The maximum atomic E-state index is 11.8. The summed E-state index contributed by atoms with van der Waals surface area (Å²) >= 11 is 5.79. The molecule has 2 rings (SSSR count). The van der Waals surface area contributed by atoms with Crippen LogP contribution >= 0.6 is 11.6 Å². The van der Waals surface area contributed by atoms with E-state index in [0.29, 0.717) is 17.3 Å². The molecule has 0 atom stereocenters. The van der Waals surface area contributed by atoms with Crippen LogP contribution in [0.4, 0.5) is 0 Å². The summed E-state index contributed by atoms with van der Waals surface area (Å²) in [4.78, 5) is 11.8. The van der Waals surface area contributed by atoms with Crippen molar-refractivity contribution in [2.75, 3.05) is 0 Å². The quantitative estimate of drug-likeness (QED) is 0.876. The molecule has 7 heteroatoms. The largest absolute Gasteiger partial charge is 0.384 e. The second-order valence-electron chi connectivity index (χ2n) is 5.26. The lowest BCUT2D eigenvalue weighted by Crippen LogP contribution is -2.27. The van der Waals surface area contributed by atoms with Crippen LogP contribution in [0.3, 0.4) is 0 Å². The summed E-state index contributed by atoms with van der Waals surface area (Å²) in [6.07, 6.45) is 1.56. The number of amides is 1. The maximum absolute atomic E-state index is 11.8. The van der Waals surface area contributed by atoms with E-state index < -0.39 is 5.60 Å². The minimum absolute atomic E-state index is 0.0523. The molecule has 0 aliphatic heterocycles. The molecule has 2 aromatic rings. The Kier molecular flexibility index (Phi) is 4.59. The molecule has 21 heavy (non-hydrogen) atoms. The van der Waals surface area contributed by atoms with E-state index in [1.54, 1.807) is 32.2 Å². The average Bonchev–Trinajstić information content (AvgIpc) is 2.86. The van der Waals surface area contributed by atoms with E-state index in [9.17, 15) is 9.90 Å². The van der Waals surface area contributed by atoms with Crippen molar-refractivity contribution in [3.05, 3.63) is 46.7 Å². The molecule has 1 amide bonds. The molecule has 0 bridgehead atoms. The van der Waals surface area contributed by atoms with Gasteiger partial charge in [-0.15, -0.1) is 5.10 Å². The smallest absolute Gasteiger partial charge is 0.242 e. The lowest BCUT2D eigenvalue weighted by molar-refractivity contribution is -0.122. The highest BCUT2D eigenvalue weighted by atomic mass is 35.5. The number of carbonyl (C=O) groups excluding carboxylic acids is 1. The summed E-state index contributed by atoms with van der Waals surface area (Å²) in [6.45, 7) is 3.70. The molecular formula is C14H17ClN4O2. The molecule has 0 aliphatic carbocycles. The van der Waals surface area contributed by atoms with E-state index in [0.717, 1.165) is 5.56 Å². The van der Waals surface area contributed by atoms with Crippen LogP contribution in [0.15, 0.2) is 30.5 Å². The number of benzene rings is 1. The molecular weight excluding hydrogens is 292 g/mol. The van der Waals surface area contributed by atoms with Crippen molar-refractivity contribution in [1.82, 2.24) is 20.3 Å². The molecule has 0 spiro atoms. The van der Waals surface area contributed by atoms with Crippen molar-refractivity contribution in [2.45, 2.75) is 32.5 Å². The van der Waals surface area contributed by atoms with Crippen LogP contribution in [0.25, 0.3) is 0 Å². The van der Waals surface area contributed by atoms with Gasteiger partial charge in [-0.25, -0.2) is 4.68 Å². The van der Waals surface area contributed by atoms with Crippen LogP contribution in [0.5, 0.6) is 0 Å². The molecule has 0 fully saturated rings. The SMILES string of the molecule is CC(C)(O)c1cn(CC(=O)NCc2ccc(Cl)cc2)nn1. The monoisotopic (exact) mass is 308 g/mol. The normalized spacial score (nSPS) is 11.4. The summed E-state index contributed by atoms with van der Waals surface area (Å²) in [5.41, 5.74) is 0.314. The topological polar surface area (TPSA) is 80.0 Å². The minimum Gasteiger partial charge on any atom is -0.384 e. The molecule has 0 aliphatic rings. The van der Waals surface area contributed by atoms with Gasteiger partial charge in [0, 0.05) is 11.6 Å². The Morgan fingerprint density at radius 3 is 2.62 bits per heavy atom. The number of aliphatic hydroxyl groups is 1. The highest BCUT2D eigenvalue weighted by Crippen LogP contribution is 2.15. The number of nitrogens with zero attached hydrogens (tertiary/aromatic N) is 3. The second kappa shape index (κ2) is 6.24. The molecule has 1 aromatic carbocycles. The van der Waals surface area contributed by atoms with Gasteiger partial charge in [0.15, 0.2) is 0 Å². The fourth-order valence-corrected chi connectivity index (χ4v) is 1.79. The van der Waals surface area contributed by atoms with Crippen LogP contribution < -0.4 is 5.32 Å². The van der Waals surface area contributed by atoms with Crippen molar-refractivity contribution in [1.29, 1.82) is 0 Å². The van der Waals surface area contributed by atoms with E-state index in [1.165, 1.54) is 4.68 Å². The van der Waals surface area contributed by atoms with E-state index in [-0.39, 0.29) is 12.5 Å². The number of nitrogens with one attached hydrogen (secondary N) is 1. The third kappa shape index (κ3) is 4.54. The Balaban J connectivity index is 1.87. The Labute approximate surface area is 127 Å². The lowest BCUT2D eigenvalue weighted by atomic mass is 10.1. The Morgan fingerprint density at radius 1 is 1.38 bits per heavy atom. The minimum atomic E-state index is -1.07. The van der Waals surface area contributed by atoms with E-state index >= 15 is 0 Å². The third-order valence-electron chi connectivity index (χ3n) is 2.87. The first-order valence-corrected chi connectivity index (χ1v) is 6.86. The molecule has 0 radical (unpaired) electrons. The summed E-state index contributed by atoms with van der Waals surface area (Å²) in [5, 5.41) is 20.9. The Hall–Kier alpha value is -1.92. The number of hydrogen-bond donors (Lipinski definition) is 2. The maximum Gasteiger partial charge on any atom is 0.242 e. The van der Waals surface area contributed by atoms with Crippen LogP contribution in [-0.2, 0) is 23.5 Å². The van der Waals surface area contributed by atoms with Gasteiger partial charge >= 0.3 is 0 Å². The first kappa shape index (κ1) is 15.5. The van der Waals surface area contributed by atoms with E-state index in [1.807, 2.05) is 12.1 Å². The van der Waals surface area contributed by atoms with Crippen LogP contribution in [0.2, 0.25) is 5.02 Å². The Morgan fingerprint density at radius 2 is 2.05 bits per heavy atom. The van der Waals surface area contributed by atoms with Crippen molar-refractivity contribution >= 4 is 17.5 Å². The van der Waals surface area contributed by atoms with Gasteiger partial charge in [0.25, 0.3) is 0 Å². The van der Waals surface area contributed by atoms with Gasteiger partial charge in [-0.2, -0.15) is 0 Å². The zero-order valence-corrected chi connectivity index (χ0v) is 12.6. The number of carbonyl (C=O) groups is 1. The van der Waals surface area contributed by atoms with Crippen molar-refractivity contribution in [2.24, 2.45) is 0 Å². The highest BCUT2D eigenvalue weighted by molar-refractivity contribution is 6.30. The molecule has 112 valence electrons. The van der Waals surface area contributed by atoms with Gasteiger partial charge in [-0.05, 0) is 31.5 Å². The molecule has 6 nitrogen and oxygen atoms in total. The predicted octanol–water partition coefficient (Wildman–Crippen LogP) is 1.48. The third-order valence-corrected chi connectivity index (χ3v) is 3.13. The zero-order valence-electron chi connectivity index (χ0n) is 11.9. The van der Waals surface area contributed by atoms with Gasteiger partial charge < -0.3 is 10.4 Å². The van der Waals surface area contributed by atoms with Gasteiger partial charge in [0.2, 0.25) is 5.91 Å². The van der Waals surface area contributed by atoms with Crippen LogP contribution in [0, 0.1) is 0 Å². The molecule has 0 saturated carbocycles. The molecule has 0 unspecified atom stereocenters. The predicted molar refractivity (Wildman–Crippen MR) is 78.6 cm³/mol. The number of hydrogen-bond acceptors (Lipinski definition) is 4. The summed E-state index contributed by atoms with van der Waals surface area (Å²) in [7, 11) is 0. The summed E-state index contributed by atoms with van der Waals surface area (Å²) in [5.74, 6) is -0.183. The average molecular weight is 309 g/mol. The standard InChI is InChI=1S/C14H17ClN4O2/c1-14(2,21)12-8-19(18-17-12)9-13(20)16-7-10-3-5-11(15)6-4-10/h3-6,8,21H,7,9H2,1-2H3,(H,16,20). The highest BCUT2D eigenvalue weighted by Gasteiger charge is 2.20. The first-order chi connectivity index (χ1) is 9.84. The van der Waals surface area contributed by atoms with Crippen molar-refractivity contribution in [3.8, 4) is 0 Å².